The van der Waals surface area contributed by atoms with Crippen LogP contribution in [-0.2, 0) is 11.8 Å². The van der Waals surface area contributed by atoms with Gasteiger partial charge in [0.15, 0.2) is 0 Å². The van der Waals surface area contributed by atoms with E-state index in [9.17, 15) is 0 Å². The molecule has 0 spiro atoms. The summed E-state index contributed by atoms with van der Waals surface area (Å²) in [6.07, 6.45) is 1.24. The summed E-state index contributed by atoms with van der Waals surface area (Å²) in [6, 6.07) is 0.324. The lowest BCUT2D eigenvalue weighted by molar-refractivity contribution is 0.121. The number of hydrogen-bond donors (Lipinski definition) is 1. The van der Waals surface area contributed by atoms with Crippen molar-refractivity contribution in [1.29, 1.82) is 0 Å². The van der Waals surface area contributed by atoms with Crippen LogP contribution in [-0.4, -0.2) is 39.0 Å². The highest BCUT2D eigenvalue weighted by Gasteiger charge is 2.25. The molecular formula is C7H13N5O. The summed E-state index contributed by atoms with van der Waals surface area (Å²) in [4.78, 5) is 0. The Morgan fingerprint density at radius 1 is 1.62 bits per heavy atom. The van der Waals surface area contributed by atoms with Gasteiger partial charge >= 0.3 is 0 Å². The van der Waals surface area contributed by atoms with Gasteiger partial charge < -0.3 is 10.1 Å². The van der Waals surface area contributed by atoms with E-state index in [1.807, 2.05) is 7.05 Å². The van der Waals surface area contributed by atoms with Crippen LogP contribution in [0.3, 0.4) is 0 Å². The molecular weight excluding hydrogens is 170 g/mol. The molecule has 0 bridgehead atoms. The summed E-state index contributed by atoms with van der Waals surface area (Å²) in [7, 11) is 1.81. The molecule has 0 aliphatic carbocycles. The maximum absolute atomic E-state index is 5.41. The van der Waals surface area contributed by atoms with Crippen LogP contribution in [0.25, 0.3) is 0 Å². The monoisotopic (exact) mass is 183 g/mol. The minimum absolute atomic E-state index is 0.233. The first-order valence-corrected chi connectivity index (χ1v) is 4.38. The molecule has 1 aromatic rings. The molecule has 72 valence electrons. The fourth-order valence-electron chi connectivity index (χ4n) is 1.44. The predicted octanol–water partition coefficient (Wildman–Crippen LogP) is -0.201. The van der Waals surface area contributed by atoms with Gasteiger partial charge in [0.1, 0.15) is 0 Å². The molecule has 1 aliphatic heterocycles. The van der Waals surface area contributed by atoms with Crippen LogP contribution in [0.4, 0.5) is 5.95 Å². The molecule has 6 heteroatoms. The van der Waals surface area contributed by atoms with Gasteiger partial charge in [0.05, 0.1) is 12.1 Å². The van der Waals surface area contributed by atoms with Gasteiger partial charge in [-0.15, -0.1) is 0 Å². The summed E-state index contributed by atoms with van der Waals surface area (Å²) in [5.41, 5.74) is 0. The lowest BCUT2D eigenvalue weighted by Crippen LogP contribution is -2.28. The van der Waals surface area contributed by atoms with Crippen molar-refractivity contribution in [2.24, 2.45) is 7.05 Å². The van der Waals surface area contributed by atoms with Crippen molar-refractivity contribution in [3.8, 4) is 0 Å². The highest BCUT2D eigenvalue weighted by molar-refractivity contribution is 5.24. The van der Waals surface area contributed by atoms with E-state index in [0.717, 1.165) is 13.0 Å². The molecule has 2 atom stereocenters. The van der Waals surface area contributed by atoms with Crippen LogP contribution in [0, 0.1) is 0 Å². The normalized spacial score (nSPS) is 27.8. The number of nitrogens with zero attached hydrogens (tertiary/aromatic N) is 4. The molecule has 1 saturated heterocycles. The van der Waals surface area contributed by atoms with E-state index in [2.05, 4.69) is 27.8 Å². The van der Waals surface area contributed by atoms with Crippen LogP contribution in [0.2, 0.25) is 0 Å². The molecule has 1 aromatic heterocycles. The van der Waals surface area contributed by atoms with Crippen molar-refractivity contribution in [3.63, 3.8) is 0 Å². The first kappa shape index (κ1) is 8.43. The first-order valence-electron chi connectivity index (χ1n) is 4.38. The van der Waals surface area contributed by atoms with E-state index in [4.69, 9.17) is 4.74 Å². The second-order valence-electron chi connectivity index (χ2n) is 3.24. The summed E-state index contributed by atoms with van der Waals surface area (Å²) in [6.45, 7) is 2.86. The smallest absolute Gasteiger partial charge is 0.242 e. The molecule has 2 rings (SSSR count). The Morgan fingerprint density at radius 2 is 2.46 bits per heavy atom. The Kier molecular flexibility index (Phi) is 2.13. The fraction of sp³-hybridized carbons (Fsp3) is 0.857. The zero-order valence-electron chi connectivity index (χ0n) is 7.77. The van der Waals surface area contributed by atoms with Crippen LogP contribution in [0.1, 0.15) is 13.3 Å². The fourth-order valence-corrected chi connectivity index (χ4v) is 1.44. The van der Waals surface area contributed by atoms with Crippen molar-refractivity contribution in [3.05, 3.63) is 0 Å². The van der Waals surface area contributed by atoms with Gasteiger partial charge in [-0.1, -0.05) is 5.10 Å². The third-order valence-electron chi connectivity index (χ3n) is 2.31. The number of aryl methyl sites for hydroxylation is 1. The summed E-state index contributed by atoms with van der Waals surface area (Å²) in [5, 5.41) is 14.4. The van der Waals surface area contributed by atoms with Crippen LogP contribution in [0.15, 0.2) is 0 Å². The molecule has 13 heavy (non-hydrogen) atoms. The molecule has 2 unspecified atom stereocenters. The van der Waals surface area contributed by atoms with E-state index in [1.54, 1.807) is 4.68 Å². The van der Waals surface area contributed by atoms with Crippen molar-refractivity contribution in [2.75, 3.05) is 11.9 Å². The summed E-state index contributed by atoms with van der Waals surface area (Å²) >= 11 is 0. The molecule has 1 fully saturated rings. The van der Waals surface area contributed by atoms with Gasteiger partial charge in [0.25, 0.3) is 0 Å². The zero-order valence-corrected chi connectivity index (χ0v) is 7.77. The van der Waals surface area contributed by atoms with Crippen LogP contribution >= 0.6 is 0 Å². The Morgan fingerprint density at radius 3 is 3.00 bits per heavy atom. The highest BCUT2D eigenvalue weighted by atomic mass is 16.5. The Balaban J connectivity index is 2.01. The number of hydrogen-bond acceptors (Lipinski definition) is 5. The minimum atomic E-state index is 0.233. The van der Waals surface area contributed by atoms with Gasteiger partial charge in [-0.2, -0.15) is 0 Å². The SMILES string of the molecule is CC1OCCC1Nc1nnnn1C. The maximum atomic E-state index is 5.41. The van der Waals surface area contributed by atoms with Crippen molar-refractivity contribution >= 4 is 5.95 Å². The topological polar surface area (TPSA) is 64.9 Å². The Labute approximate surface area is 76.3 Å². The number of ether oxygens (including phenoxy) is 1. The van der Waals surface area contributed by atoms with Crippen LogP contribution in [0.5, 0.6) is 0 Å². The number of rotatable bonds is 2. The second kappa shape index (κ2) is 3.29. The Bertz CT molecular complexity index is 286. The lowest BCUT2D eigenvalue weighted by Gasteiger charge is -2.15. The molecule has 1 aliphatic rings. The van der Waals surface area contributed by atoms with Gasteiger partial charge in [-0.3, -0.25) is 0 Å². The first-order chi connectivity index (χ1) is 6.27. The van der Waals surface area contributed by atoms with E-state index < -0.39 is 0 Å². The van der Waals surface area contributed by atoms with E-state index >= 15 is 0 Å². The third kappa shape index (κ3) is 1.62. The third-order valence-corrected chi connectivity index (χ3v) is 2.31. The quantitative estimate of drug-likeness (QED) is 0.687. The van der Waals surface area contributed by atoms with Gasteiger partial charge in [0, 0.05) is 13.7 Å². The number of tetrazole rings is 1. The van der Waals surface area contributed by atoms with Crippen molar-refractivity contribution in [2.45, 2.75) is 25.5 Å². The summed E-state index contributed by atoms with van der Waals surface area (Å²) < 4.78 is 7.03. The van der Waals surface area contributed by atoms with Gasteiger partial charge in [0.2, 0.25) is 5.95 Å². The zero-order chi connectivity index (χ0) is 9.26. The Hall–Kier alpha value is -1.17. The van der Waals surface area contributed by atoms with Crippen molar-refractivity contribution in [1.82, 2.24) is 20.2 Å². The van der Waals surface area contributed by atoms with Gasteiger partial charge in [-0.05, 0) is 23.8 Å². The summed E-state index contributed by atoms with van der Waals surface area (Å²) in [5.74, 6) is 0.697. The number of aromatic nitrogens is 4. The predicted molar refractivity (Wildman–Crippen MR) is 46.2 cm³/mol. The molecule has 1 N–H and O–H groups in total. The largest absolute Gasteiger partial charge is 0.376 e. The van der Waals surface area contributed by atoms with E-state index in [0.29, 0.717) is 12.0 Å². The average molecular weight is 183 g/mol. The standard InChI is InChI=1S/C7H13N5O/c1-5-6(3-4-13-5)8-7-9-10-11-12(7)2/h5-6H,3-4H2,1-2H3,(H,8,9,11). The highest BCUT2D eigenvalue weighted by Crippen LogP contribution is 2.16. The molecule has 0 aromatic carbocycles. The molecule has 0 amide bonds. The van der Waals surface area contributed by atoms with Crippen LogP contribution < -0.4 is 5.32 Å². The van der Waals surface area contributed by atoms with Gasteiger partial charge in [-0.25, -0.2) is 4.68 Å². The molecule has 0 saturated carbocycles. The maximum Gasteiger partial charge on any atom is 0.242 e. The number of nitrogens with one attached hydrogen (secondary N) is 1. The molecule has 2 heterocycles. The number of anilines is 1. The second-order valence-corrected chi connectivity index (χ2v) is 3.24. The average Bonchev–Trinajstić information content (AvgIpc) is 2.65. The minimum Gasteiger partial charge on any atom is -0.376 e. The van der Waals surface area contributed by atoms with E-state index in [1.165, 1.54) is 0 Å². The van der Waals surface area contributed by atoms with E-state index in [-0.39, 0.29) is 6.10 Å². The molecule has 0 radical (unpaired) electrons. The lowest BCUT2D eigenvalue weighted by atomic mass is 10.2. The van der Waals surface area contributed by atoms with Crippen molar-refractivity contribution < 1.29 is 4.74 Å². The molecule has 6 nitrogen and oxygen atoms in total.